The van der Waals surface area contributed by atoms with E-state index in [0.29, 0.717) is 0 Å². The van der Waals surface area contributed by atoms with Crippen molar-refractivity contribution < 1.29 is 24.2 Å². The molecular weight excluding hydrogens is 608 g/mol. The van der Waals surface area contributed by atoms with E-state index in [4.69, 9.17) is 0 Å². The molecule has 0 saturated carbocycles. The Kier molecular flexibility index (Phi) is 12.2. The molecule has 0 N–H and O–H groups in total. The molecule has 0 nitrogen and oxygen atoms in total. The SMILES string of the molecule is CC(C)(C)c1ccc2[cH-]c3ccc(C(C)(C)C)cc3c2c1.[C-]1=CC=CC1.[Zr+2]=[C](CCc1ccccc1)CCc1ccccc1. The second-order valence-electron chi connectivity index (χ2n) is 13.8. The number of benzene rings is 4. The third-order valence-corrected chi connectivity index (χ3v) is 9.37. The van der Waals surface area contributed by atoms with Gasteiger partial charge in [-0.3, -0.25) is 6.08 Å². The summed E-state index contributed by atoms with van der Waals surface area (Å²) in [7, 11) is 0. The van der Waals surface area contributed by atoms with E-state index in [1.165, 1.54) is 69.5 Å². The topological polar surface area (TPSA) is 0 Å². The first kappa shape index (κ1) is 33.9. The van der Waals surface area contributed by atoms with Gasteiger partial charge in [0.1, 0.15) is 0 Å². The number of allylic oxidation sites excluding steroid dienone is 4. The van der Waals surface area contributed by atoms with Gasteiger partial charge >= 0.3 is 125 Å². The second-order valence-corrected chi connectivity index (χ2v) is 15.6. The Morgan fingerprint density at radius 1 is 0.659 bits per heavy atom. The molecule has 0 aliphatic heterocycles. The Morgan fingerprint density at radius 3 is 1.45 bits per heavy atom. The summed E-state index contributed by atoms with van der Waals surface area (Å²) in [6.07, 6.45) is 14.9. The Bertz CT molecular complexity index is 1560. The minimum atomic E-state index is 0.194. The summed E-state index contributed by atoms with van der Waals surface area (Å²) >= 11 is 1.60. The fraction of sp³-hybridized carbons (Fsp3) is 0.302. The number of hydrogen-bond acceptors (Lipinski definition) is 0. The van der Waals surface area contributed by atoms with Gasteiger partial charge in [0, 0.05) is 0 Å². The zero-order valence-electron chi connectivity index (χ0n) is 27.6. The summed E-state index contributed by atoms with van der Waals surface area (Å²) in [5, 5.41) is 5.49. The van der Waals surface area contributed by atoms with Crippen molar-refractivity contribution in [2.24, 2.45) is 0 Å². The summed E-state index contributed by atoms with van der Waals surface area (Å²) in [6, 6.07) is 37.7. The summed E-state index contributed by atoms with van der Waals surface area (Å²) in [5.41, 5.74) is 6.11. The monoisotopic (exact) mass is 654 g/mol. The van der Waals surface area contributed by atoms with E-state index in [9.17, 15) is 0 Å². The van der Waals surface area contributed by atoms with Crippen LogP contribution in [0.4, 0.5) is 0 Å². The molecule has 0 fully saturated rings. The van der Waals surface area contributed by atoms with E-state index in [2.05, 4.69) is 157 Å². The van der Waals surface area contributed by atoms with Crippen LogP contribution in [-0.2, 0) is 47.9 Å². The van der Waals surface area contributed by atoms with Gasteiger partial charge in [0.15, 0.2) is 0 Å². The Balaban J connectivity index is 0.000000175. The molecule has 0 saturated heterocycles. The van der Waals surface area contributed by atoms with Crippen molar-refractivity contribution in [2.45, 2.75) is 84.5 Å². The summed E-state index contributed by atoms with van der Waals surface area (Å²) in [4.78, 5) is 0. The van der Waals surface area contributed by atoms with Crippen LogP contribution in [0.25, 0.3) is 21.5 Å². The third-order valence-electron chi connectivity index (χ3n) is 8.14. The van der Waals surface area contributed by atoms with Crippen molar-refractivity contribution in [3.8, 4) is 0 Å². The predicted molar refractivity (Wildman–Crippen MR) is 191 cm³/mol. The van der Waals surface area contributed by atoms with Crippen molar-refractivity contribution in [3.05, 3.63) is 150 Å². The van der Waals surface area contributed by atoms with Gasteiger partial charge in [-0.2, -0.15) is 6.08 Å². The normalized spacial score (nSPS) is 12.5. The van der Waals surface area contributed by atoms with Gasteiger partial charge in [0.25, 0.3) is 0 Å². The predicted octanol–water partition coefficient (Wildman–Crippen LogP) is 11.6. The van der Waals surface area contributed by atoms with Gasteiger partial charge in [0.2, 0.25) is 0 Å². The maximum atomic E-state index is 2.99. The van der Waals surface area contributed by atoms with Crippen molar-refractivity contribution in [3.63, 3.8) is 0 Å². The van der Waals surface area contributed by atoms with Crippen molar-refractivity contribution in [1.29, 1.82) is 0 Å². The number of hydrogen-bond donors (Lipinski definition) is 0. The molecule has 0 atom stereocenters. The summed E-state index contributed by atoms with van der Waals surface area (Å²) in [6.45, 7) is 13.7. The van der Waals surface area contributed by atoms with Crippen LogP contribution in [0.5, 0.6) is 0 Å². The summed E-state index contributed by atoms with van der Waals surface area (Å²) < 4.78 is 1.69. The van der Waals surface area contributed by atoms with Crippen LogP contribution in [0.15, 0.2) is 121 Å². The number of aryl methyl sites for hydroxylation is 2. The van der Waals surface area contributed by atoms with Crippen LogP contribution in [0.1, 0.15) is 83.1 Å². The van der Waals surface area contributed by atoms with E-state index < -0.39 is 0 Å². The molecule has 1 heteroatoms. The maximum absolute atomic E-state index is 2.99. The molecule has 0 amide bonds. The zero-order valence-corrected chi connectivity index (χ0v) is 30.0. The van der Waals surface area contributed by atoms with Gasteiger partial charge in [0.05, 0.1) is 0 Å². The third kappa shape index (κ3) is 10.3. The Hall–Kier alpha value is -3.02. The molecule has 44 heavy (non-hydrogen) atoms. The van der Waals surface area contributed by atoms with Gasteiger partial charge in [-0.25, -0.2) is 12.2 Å². The van der Waals surface area contributed by atoms with E-state index >= 15 is 0 Å². The fourth-order valence-corrected chi connectivity index (χ4v) is 5.89. The molecule has 5 aromatic carbocycles. The second kappa shape index (κ2) is 15.8. The van der Waals surface area contributed by atoms with Gasteiger partial charge in [-0.15, -0.1) is 46.2 Å². The first-order valence-corrected chi connectivity index (χ1v) is 17.2. The number of rotatable bonds is 6. The van der Waals surface area contributed by atoms with Crippen LogP contribution in [0.3, 0.4) is 0 Å². The quantitative estimate of drug-likeness (QED) is 0.160. The Labute approximate surface area is 281 Å². The van der Waals surface area contributed by atoms with Crippen LogP contribution < -0.4 is 0 Å². The average Bonchev–Trinajstić information content (AvgIpc) is 3.71. The molecule has 224 valence electrons. The molecule has 1 aliphatic rings. The van der Waals surface area contributed by atoms with E-state index in [1.807, 2.05) is 12.2 Å². The minimum absolute atomic E-state index is 0.194. The standard InChI is InChI=1S/C21H25.C17H18.C5H5.Zr/c1-20(2,3)16-9-7-14-11-15-8-10-17(21(4,5)6)13-19(15)18(14)12-16;1-4-10-16(11-5-1)14-8-3-9-15-17-12-6-2-7-13-17;1-2-4-5-3-1;/h7-13H,1-6H3;1-2,4-7,10-13H,8-9,14-15H2;1-3H,4H2;/q-1;;-1;+2. The van der Waals surface area contributed by atoms with Crippen LogP contribution >= 0.6 is 0 Å². The van der Waals surface area contributed by atoms with E-state index in [-0.39, 0.29) is 10.8 Å². The molecule has 0 aromatic heterocycles. The van der Waals surface area contributed by atoms with Gasteiger partial charge in [-0.05, 0) is 10.8 Å². The molecule has 0 heterocycles. The molecular formula is C43H48Zr. The molecule has 0 radical (unpaired) electrons. The Morgan fingerprint density at radius 2 is 1.11 bits per heavy atom. The molecule has 5 aromatic rings. The first-order valence-electron chi connectivity index (χ1n) is 16.0. The van der Waals surface area contributed by atoms with Crippen LogP contribution in [0.2, 0.25) is 0 Å². The molecule has 1 aliphatic carbocycles. The van der Waals surface area contributed by atoms with Gasteiger partial charge < -0.3 is 0 Å². The van der Waals surface area contributed by atoms with Crippen LogP contribution in [0, 0.1) is 6.08 Å². The average molecular weight is 656 g/mol. The van der Waals surface area contributed by atoms with Crippen molar-refractivity contribution >= 4 is 24.8 Å². The number of fused-ring (bicyclic) bond motifs is 3. The fourth-order valence-electron chi connectivity index (χ4n) is 5.28. The van der Waals surface area contributed by atoms with E-state index in [0.717, 1.165) is 6.42 Å². The van der Waals surface area contributed by atoms with E-state index in [1.54, 1.807) is 27.4 Å². The van der Waals surface area contributed by atoms with Gasteiger partial charge in [-0.1, -0.05) is 76.9 Å². The first-order chi connectivity index (χ1) is 21.0. The van der Waals surface area contributed by atoms with Crippen molar-refractivity contribution in [2.75, 3.05) is 0 Å². The molecule has 0 bridgehead atoms. The molecule has 0 unspecified atom stereocenters. The van der Waals surface area contributed by atoms with Crippen LogP contribution in [-0.4, -0.2) is 3.21 Å². The molecule has 6 rings (SSSR count). The zero-order chi connectivity index (χ0) is 31.6. The summed E-state index contributed by atoms with van der Waals surface area (Å²) in [5.74, 6) is 0. The molecule has 0 spiro atoms. The van der Waals surface area contributed by atoms with Crippen molar-refractivity contribution in [1.82, 2.24) is 0 Å².